The molecule has 2 N–H and O–H groups in total. The Hall–Kier alpha value is -1.78. The van der Waals surface area contributed by atoms with E-state index in [4.69, 9.17) is 9.52 Å². The summed E-state index contributed by atoms with van der Waals surface area (Å²) in [6.07, 6.45) is 4.67. The second-order valence-corrected chi connectivity index (χ2v) is 4.03. The van der Waals surface area contributed by atoms with Gasteiger partial charge in [0.05, 0.1) is 17.7 Å². The highest BCUT2D eigenvalue weighted by Gasteiger charge is 2.30. The molecule has 1 fully saturated rings. The third kappa shape index (κ3) is 2.24. The zero-order valence-corrected chi connectivity index (χ0v) is 8.68. The SMILES string of the molecule is O=C(N[C@@H]1CC[C@H](C(=O)O)C1)c1ccoc1. The Labute approximate surface area is 92.4 Å². The van der Waals surface area contributed by atoms with Crippen LogP contribution in [0, 0.1) is 5.92 Å². The topological polar surface area (TPSA) is 79.5 Å². The van der Waals surface area contributed by atoms with Gasteiger partial charge in [-0.3, -0.25) is 9.59 Å². The van der Waals surface area contributed by atoms with Crippen molar-refractivity contribution in [3.8, 4) is 0 Å². The number of carboxylic acid groups (broad SMARTS) is 1. The Morgan fingerprint density at radius 2 is 2.25 bits per heavy atom. The van der Waals surface area contributed by atoms with E-state index < -0.39 is 5.97 Å². The van der Waals surface area contributed by atoms with Crippen LogP contribution in [-0.2, 0) is 4.79 Å². The van der Waals surface area contributed by atoms with E-state index >= 15 is 0 Å². The number of nitrogens with one attached hydrogen (secondary N) is 1. The molecule has 0 bridgehead atoms. The molecule has 2 rings (SSSR count). The molecule has 0 aromatic carbocycles. The van der Waals surface area contributed by atoms with E-state index in [0.717, 1.165) is 6.42 Å². The largest absolute Gasteiger partial charge is 0.481 e. The van der Waals surface area contributed by atoms with Crippen LogP contribution in [0.25, 0.3) is 0 Å². The lowest BCUT2D eigenvalue weighted by atomic mass is 10.1. The van der Waals surface area contributed by atoms with Crippen molar-refractivity contribution in [3.05, 3.63) is 24.2 Å². The number of amides is 1. The second kappa shape index (κ2) is 4.38. The average Bonchev–Trinajstić information content (AvgIpc) is 2.87. The third-order valence-corrected chi connectivity index (χ3v) is 2.90. The van der Waals surface area contributed by atoms with Gasteiger partial charge in [-0.15, -0.1) is 0 Å². The van der Waals surface area contributed by atoms with E-state index in [2.05, 4.69) is 5.32 Å². The summed E-state index contributed by atoms with van der Waals surface area (Å²) in [4.78, 5) is 22.4. The fraction of sp³-hybridized carbons (Fsp3) is 0.455. The number of carbonyl (C=O) groups excluding carboxylic acids is 1. The normalized spacial score (nSPS) is 24.2. The van der Waals surface area contributed by atoms with Crippen molar-refractivity contribution in [2.24, 2.45) is 5.92 Å². The zero-order valence-electron chi connectivity index (χ0n) is 8.68. The van der Waals surface area contributed by atoms with Crippen LogP contribution in [0.5, 0.6) is 0 Å². The van der Waals surface area contributed by atoms with Crippen LogP contribution in [0.1, 0.15) is 29.6 Å². The van der Waals surface area contributed by atoms with Crippen molar-refractivity contribution < 1.29 is 19.1 Å². The van der Waals surface area contributed by atoms with Crippen molar-refractivity contribution in [1.82, 2.24) is 5.32 Å². The molecule has 1 aromatic rings. The Bertz CT molecular complexity index is 385. The van der Waals surface area contributed by atoms with Gasteiger partial charge in [0.15, 0.2) is 0 Å². The van der Waals surface area contributed by atoms with Crippen LogP contribution in [0.15, 0.2) is 23.0 Å². The van der Waals surface area contributed by atoms with Crippen molar-refractivity contribution in [2.75, 3.05) is 0 Å². The number of carbonyl (C=O) groups is 2. The molecule has 1 saturated carbocycles. The molecule has 0 spiro atoms. The molecule has 5 heteroatoms. The first-order valence-corrected chi connectivity index (χ1v) is 5.22. The highest BCUT2D eigenvalue weighted by atomic mass is 16.4. The summed E-state index contributed by atoms with van der Waals surface area (Å²) < 4.78 is 4.80. The molecule has 2 atom stereocenters. The number of aliphatic carboxylic acids is 1. The van der Waals surface area contributed by atoms with Gasteiger partial charge in [-0.1, -0.05) is 0 Å². The maximum atomic E-state index is 11.6. The molecule has 0 aliphatic heterocycles. The lowest BCUT2D eigenvalue weighted by Crippen LogP contribution is -2.33. The maximum absolute atomic E-state index is 11.6. The first-order valence-electron chi connectivity index (χ1n) is 5.22. The van der Waals surface area contributed by atoms with Gasteiger partial charge in [-0.05, 0) is 25.3 Å². The lowest BCUT2D eigenvalue weighted by molar-refractivity contribution is -0.141. The summed E-state index contributed by atoms with van der Waals surface area (Å²) in [6.45, 7) is 0. The Morgan fingerprint density at radius 1 is 1.44 bits per heavy atom. The van der Waals surface area contributed by atoms with E-state index in [1.807, 2.05) is 0 Å². The average molecular weight is 223 g/mol. The van der Waals surface area contributed by atoms with Gasteiger partial charge in [0.25, 0.3) is 5.91 Å². The summed E-state index contributed by atoms with van der Waals surface area (Å²) in [5, 5.41) is 11.6. The fourth-order valence-corrected chi connectivity index (χ4v) is 2.00. The number of carboxylic acids is 1. The highest BCUT2D eigenvalue weighted by molar-refractivity contribution is 5.94. The number of rotatable bonds is 3. The molecule has 0 radical (unpaired) electrons. The van der Waals surface area contributed by atoms with Crippen LogP contribution < -0.4 is 5.32 Å². The molecule has 1 aliphatic rings. The van der Waals surface area contributed by atoms with Gasteiger partial charge in [0, 0.05) is 6.04 Å². The maximum Gasteiger partial charge on any atom is 0.306 e. The smallest absolute Gasteiger partial charge is 0.306 e. The molecule has 86 valence electrons. The van der Waals surface area contributed by atoms with Crippen molar-refractivity contribution >= 4 is 11.9 Å². The van der Waals surface area contributed by atoms with E-state index in [0.29, 0.717) is 18.4 Å². The quantitative estimate of drug-likeness (QED) is 0.808. The van der Waals surface area contributed by atoms with Gasteiger partial charge in [0.1, 0.15) is 6.26 Å². The minimum Gasteiger partial charge on any atom is -0.481 e. The fourth-order valence-electron chi connectivity index (χ4n) is 2.00. The Morgan fingerprint density at radius 3 is 2.81 bits per heavy atom. The molecule has 1 aliphatic carbocycles. The lowest BCUT2D eigenvalue weighted by Gasteiger charge is -2.11. The van der Waals surface area contributed by atoms with Crippen LogP contribution in [0.4, 0.5) is 0 Å². The Balaban J connectivity index is 1.88. The van der Waals surface area contributed by atoms with Gasteiger partial charge >= 0.3 is 5.97 Å². The molecular weight excluding hydrogens is 210 g/mol. The van der Waals surface area contributed by atoms with E-state index in [9.17, 15) is 9.59 Å². The summed E-state index contributed by atoms with van der Waals surface area (Å²) in [6, 6.07) is 1.54. The first kappa shape index (κ1) is 10.7. The minimum atomic E-state index is -0.778. The van der Waals surface area contributed by atoms with E-state index in [1.54, 1.807) is 6.07 Å². The van der Waals surface area contributed by atoms with Crippen LogP contribution in [0.3, 0.4) is 0 Å². The van der Waals surface area contributed by atoms with Crippen LogP contribution >= 0.6 is 0 Å². The van der Waals surface area contributed by atoms with E-state index in [1.165, 1.54) is 12.5 Å². The van der Waals surface area contributed by atoms with Crippen molar-refractivity contribution in [1.29, 1.82) is 0 Å². The number of hydrogen-bond acceptors (Lipinski definition) is 3. The molecule has 1 amide bonds. The monoisotopic (exact) mass is 223 g/mol. The first-order chi connectivity index (χ1) is 7.66. The number of hydrogen-bond donors (Lipinski definition) is 2. The van der Waals surface area contributed by atoms with Gasteiger partial charge < -0.3 is 14.8 Å². The summed E-state index contributed by atoms with van der Waals surface area (Å²) in [5.41, 5.74) is 0.471. The summed E-state index contributed by atoms with van der Waals surface area (Å²) in [7, 11) is 0. The number of furan rings is 1. The standard InChI is InChI=1S/C11H13NO4/c13-10(8-3-4-16-6-8)12-9-2-1-7(5-9)11(14)15/h3-4,6-7,9H,1-2,5H2,(H,12,13)(H,14,15)/t7-,9+/m0/s1. The molecule has 16 heavy (non-hydrogen) atoms. The highest BCUT2D eigenvalue weighted by Crippen LogP contribution is 2.25. The molecule has 0 saturated heterocycles. The third-order valence-electron chi connectivity index (χ3n) is 2.90. The molecule has 1 heterocycles. The molecule has 5 nitrogen and oxygen atoms in total. The predicted octanol–water partition coefficient (Wildman–Crippen LogP) is 1.26. The van der Waals surface area contributed by atoms with Crippen molar-refractivity contribution in [3.63, 3.8) is 0 Å². The summed E-state index contributed by atoms with van der Waals surface area (Å²) in [5.74, 6) is -1.31. The predicted molar refractivity (Wildman–Crippen MR) is 54.9 cm³/mol. The van der Waals surface area contributed by atoms with Crippen molar-refractivity contribution in [2.45, 2.75) is 25.3 Å². The molecule has 0 unspecified atom stereocenters. The van der Waals surface area contributed by atoms with E-state index in [-0.39, 0.29) is 17.9 Å². The van der Waals surface area contributed by atoms with Gasteiger partial charge in [0.2, 0.25) is 0 Å². The second-order valence-electron chi connectivity index (χ2n) is 4.03. The van der Waals surface area contributed by atoms with Crippen LogP contribution in [0.2, 0.25) is 0 Å². The van der Waals surface area contributed by atoms with Crippen LogP contribution in [-0.4, -0.2) is 23.0 Å². The minimum absolute atomic E-state index is 0.0384. The summed E-state index contributed by atoms with van der Waals surface area (Å²) >= 11 is 0. The zero-order chi connectivity index (χ0) is 11.5. The van der Waals surface area contributed by atoms with Gasteiger partial charge in [-0.25, -0.2) is 0 Å². The van der Waals surface area contributed by atoms with Gasteiger partial charge in [-0.2, -0.15) is 0 Å². The molecular formula is C11H13NO4. The molecule has 1 aromatic heterocycles. The Kier molecular flexibility index (Phi) is 2.94.